The Hall–Kier alpha value is -1.97. The highest BCUT2D eigenvalue weighted by atomic mass is 32.2. The molecule has 1 aromatic rings. The summed E-state index contributed by atoms with van der Waals surface area (Å²) in [5.74, 6) is 0.295. The van der Waals surface area contributed by atoms with Gasteiger partial charge in [-0.25, -0.2) is 8.42 Å². The van der Waals surface area contributed by atoms with Crippen LogP contribution in [-0.4, -0.2) is 73.5 Å². The number of anilines is 1. The number of fused-ring (bicyclic) bond motifs is 3. The largest absolute Gasteiger partial charge is 0.349 e. The van der Waals surface area contributed by atoms with Gasteiger partial charge in [-0.05, 0) is 88.3 Å². The van der Waals surface area contributed by atoms with Crippen molar-refractivity contribution in [3.05, 3.63) is 29.3 Å². The Labute approximate surface area is 189 Å². The number of carbonyl (C=O) groups is 2. The van der Waals surface area contributed by atoms with Crippen molar-refractivity contribution in [1.29, 1.82) is 0 Å². The molecular weight excluding hydrogens is 428 g/mol. The van der Waals surface area contributed by atoms with Crippen LogP contribution in [0.1, 0.15) is 54.4 Å². The maximum atomic E-state index is 13.3. The minimum atomic E-state index is -3.29. The third-order valence-corrected chi connectivity index (χ3v) is 9.73. The summed E-state index contributed by atoms with van der Waals surface area (Å²) in [6.07, 6.45) is 5.26. The van der Waals surface area contributed by atoms with Gasteiger partial charge in [-0.15, -0.1) is 0 Å². The van der Waals surface area contributed by atoms with E-state index in [1.807, 2.05) is 0 Å². The van der Waals surface area contributed by atoms with E-state index in [9.17, 15) is 18.0 Å². The third-order valence-electron chi connectivity index (χ3n) is 7.60. The molecule has 4 aliphatic heterocycles. The second kappa shape index (κ2) is 8.43. The van der Waals surface area contributed by atoms with Crippen molar-refractivity contribution < 1.29 is 18.0 Å². The molecule has 0 saturated carbocycles. The van der Waals surface area contributed by atoms with Crippen LogP contribution < -0.4 is 10.6 Å². The first-order valence-corrected chi connectivity index (χ1v) is 13.3. The first-order chi connectivity index (χ1) is 15.3. The smallest absolute Gasteiger partial charge is 0.251 e. The van der Waals surface area contributed by atoms with Gasteiger partial charge in [0.05, 0.1) is 12.2 Å². The number of hydrogen-bond acceptors (Lipinski definition) is 5. The summed E-state index contributed by atoms with van der Waals surface area (Å²) in [5.41, 5.74) is 2.16. The number of hydrogen-bond donors (Lipinski definition) is 2. The molecule has 5 rings (SSSR count). The molecule has 2 amide bonds. The average Bonchev–Trinajstić information content (AvgIpc) is 3.25. The zero-order valence-corrected chi connectivity index (χ0v) is 19.4. The molecule has 3 saturated heterocycles. The number of rotatable bonds is 5. The van der Waals surface area contributed by atoms with Crippen LogP contribution in [0.5, 0.6) is 0 Å². The fourth-order valence-electron chi connectivity index (χ4n) is 5.96. The van der Waals surface area contributed by atoms with E-state index < -0.39 is 10.0 Å². The van der Waals surface area contributed by atoms with Crippen LogP contribution in [0, 0.1) is 5.92 Å². The average molecular weight is 461 g/mol. The lowest BCUT2D eigenvalue weighted by molar-refractivity contribution is -0.115. The summed E-state index contributed by atoms with van der Waals surface area (Å²) in [6, 6.07) is 5.22. The van der Waals surface area contributed by atoms with Gasteiger partial charge >= 0.3 is 0 Å². The van der Waals surface area contributed by atoms with Crippen LogP contribution in [0.15, 0.2) is 18.2 Å². The molecule has 3 atom stereocenters. The summed E-state index contributed by atoms with van der Waals surface area (Å²) >= 11 is 0. The first kappa shape index (κ1) is 21.9. The van der Waals surface area contributed by atoms with Crippen LogP contribution in [0.2, 0.25) is 0 Å². The third kappa shape index (κ3) is 4.30. The van der Waals surface area contributed by atoms with E-state index in [1.54, 1.807) is 22.5 Å². The van der Waals surface area contributed by atoms with E-state index in [4.69, 9.17) is 0 Å². The highest BCUT2D eigenvalue weighted by Crippen LogP contribution is 2.39. The molecule has 0 aliphatic carbocycles. The molecule has 8 nitrogen and oxygen atoms in total. The topological polar surface area (TPSA) is 98.8 Å². The van der Waals surface area contributed by atoms with Crippen molar-refractivity contribution in [3.8, 4) is 0 Å². The van der Waals surface area contributed by atoms with Gasteiger partial charge < -0.3 is 15.5 Å². The number of piperidine rings is 2. The number of amides is 2. The van der Waals surface area contributed by atoms with Crippen LogP contribution in [-0.2, 0) is 21.2 Å². The molecule has 0 spiro atoms. The standard InChI is InChI=1S/C23H32N4O4S/c1-26-8-6-15(7-9-26)14-32(30,31)27-19-3-4-20(27)13-18(12-19)24-23(29)16-2-5-21-17(10-16)11-22(28)25-21/h2,5,10,15,18-20H,3-4,6-9,11-14H2,1H3,(H,24,29)(H,25,28)/t18?,19-,20+. The molecule has 3 fully saturated rings. The normalized spacial score (nSPS) is 29.0. The lowest BCUT2D eigenvalue weighted by Crippen LogP contribution is -2.53. The number of carbonyl (C=O) groups excluding carboxylic acids is 2. The lowest BCUT2D eigenvalue weighted by Gasteiger charge is -2.39. The first-order valence-electron chi connectivity index (χ1n) is 11.7. The van der Waals surface area contributed by atoms with Crippen molar-refractivity contribution in [2.45, 2.75) is 63.1 Å². The van der Waals surface area contributed by atoms with E-state index >= 15 is 0 Å². The molecule has 174 valence electrons. The Morgan fingerprint density at radius 2 is 1.81 bits per heavy atom. The molecule has 0 aromatic heterocycles. The van der Waals surface area contributed by atoms with Gasteiger partial charge in [0.1, 0.15) is 0 Å². The summed E-state index contributed by atoms with van der Waals surface area (Å²) in [6.45, 7) is 1.93. The summed E-state index contributed by atoms with van der Waals surface area (Å²) < 4.78 is 28.3. The number of likely N-dealkylation sites (tertiary alicyclic amines) is 1. The predicted octanol–water partition coefficient (Wildman–Crippen LogP) is 1.58. The minimum Gasteiger partial charge on any atom is -0.349 e. The van der Waals surface area contributed by atoms with Crippen LogP contribution in [0.4, 0.5) is 5.69 Å². The lowest BCUT2D eigenvalue weighted by atomic mass is 9.99. The van der Waals surface area contributed by atoms with Gasteiger partial charge in [0.25, 0.3) is 5.91 Å². The molecule has 0 radical (unpaired) electrons. The molecule has 2 N–H and O–H groups in total. The minimum absolute atomic E-state index is 0.0165. The van der Waals surface area contributed by atoms with E-state index in [0.717, 1.165) is 50.0 Å². The van der Waals surface area contributed by atoms with Crippen molar-refractivity contribution in [2.24, 2.45) is 5.92 Å². The second-order valence-corrected chi connectivity index (χ2v) is 11.9. The fourth-order valence-corrected chi connectivity index (χ4v) is 8.35. The molecule has 32 heavy (non-hydrogen) atoms. The van der Waals surface area contributed by atoms with Gasteiger partial charge in [0.15, 0.2) is 0 Å². The number of nitrogens with one attached hydrogen (secondary N) is 2. The molecular formula is C23H32N4O4S. The highest BCUT2D eigenvalue weighted by molar-refractivity contribution is 7.89. The molecule has 9 heteroatoms. The quantitative estimate of drug-likeness (QED) is 0.695. The predicted molar refractivity (Wildman–Crippen MR) is 122 cm³/mol. The van der Waals surface area contributed by atoms with Crippen molar-refractivity contribution in [3.63, 3.8) is 0 Å². The number of nitrogens with zero attached hydrogens (tertiary/aromatic N) is 2. The van der Waals surface area contributed by atoms with E-state index in [-0.39, 0.29) is 41.6 Å². The molecule has 2 bridgehead atoms. The molecule has 1 aromatic carbocycles. The van der Waals surface area contributed by atoms with Crippen molar-refractivity contribution in [2.75, 3.05) is 31.2 Å². The maximum Gasteiger partial charge on any atom is 0.251 e. The van der Waals surface area contributed by atoms with Crippen LogP contribution in [0.3, 0.4) is 0 Å². The summed E-state index contributed by atoms with van der Waals surface area (Å²) in [4.78, 5) is 26.7. The second-order valence-electron chi connectivity index (χ2n) is 9.98. The fraction of sp³-hybridized carbons (Fsp3) is 0.652. The Morgan fingerprint density at radius 1 is 1.12 bits per heavy atom. The molecule has 4 heterocycles. The Balaban J connectivity index is 1.21. The van der Waals surface area contributed by atoms with E-state index in [0.29, 0.717) is 24.8 Å². The van der Waals surface area contributed by atoms with Gasteiger partial charge in [-0.2, -0.15) is 4.31 Å². The number of sulfonamides is 1. The molecule has 1 unspecified atom stereocenters. The van der Waals surface area contributed by atoms with Gasteiger partial charge in [-0.3, -0.25) is 9.59 Å². The van der Waals surface area contributed by atoms with Gasteiger partial charge in [0, 0.05) is 29.4 Å². The zero-order valence-electron chi connectivity index (χ0n) is 18.5. The SMILES string of the molecule is CN1CCC(CS(=O)(=O)N2[C@@H]3CC[C@H]2CC(NC(=O)c2ccc4c(c2)CC(=O)N4)C3)CC1. The van der Waals surface area contributed by atoms with Crippen LogP contribution >= 0.6 is 0 Å². The monoisotopic (exact) mass is 460 g/mol. The van der Waals surface area contributed by atoms with Crippen molar-refractivity contribution in [1.82, 2.24) is 14.5 Å². The maximum absolute atomic E-state index is 13.3. The number of benzene rings is 1. The molecule has 4 aliphatic rings. The Morgan fingerprint density at radius 3 is 2.50 bits per heavy atom. The van der Waals surface area contributed by atoms with Crippen molar-refractivity contribution >= 4 is 27.5 Å². The zero-order chi connectivity index (χ0) is 22.5. The highest BCUT2D eigenvalue weighted by Gasteiger charge is 2.47. The van der Waals surface area contributed by atoms with Gasteiger partial charge in [0.2, 0.25) is 15.9 Å². The Bertz CT molecular complexity index is 1000. The van der Waals surface area contributed by atoms with E-state index in [1.165, 1.54) is 0 Å². The Kier molecular flexibility index (Phi) is 5.75. The van der Waals surface area contributed by atoms with Crippen LogP contribution in [0.25, 0.3) is 0 Å². The summed E-state index contributed by atoms with van der Waals surface area (Å²) in [7, 11) is -1.20. The summed E-state index contributed by atoms with van der Waals surface area (Å²) in [5, 5.41) is 5.90. The van der Waals surface area contributed by atoms with E-state index in [2.05, 4.69) is 22.6 Å². The van der Waals surface area contributed by atoms with Gasteiger partial charge in [-0.1, -0.05) is 0 Å².